The van der Waals surface area contributed by atoms with E-state index in [2.05, 4.69) is 4.98 Å². The number of amides is 1. The molecular weight excluding hydrogens is 543 g/mol. The van der Waals surface area contributed by atoms with E-state index in [0.29, 0.717) is 35.6 Å². The van der Waals surface area contributed by atoms with Crippen LogP contribution in [0.3, 0.4) is 0 Å². The maximum atomic E-state index is 13.7. The van der Waals surface area contributed by atoms with Crippen molar-refractivity contribution in [2.75, 3.05) is 36.5 Å². The van der Waals surface area contributed by atoms with Crippen LogP contribution in [0.1, 0.15) is 37.5 Å². The Bertz CT molecular complexity index is 1320. The number of anilines is 2. The van der Waals surface area contributed by atoms with Crippen molar-refractivity contribution in [1.29, 1.82) is 0 Å². The molecule has 0 aliphatic heterocycles. The van der Waals surface area contributed by atoms with Gasteiger partial charge >= 0.3 is 12.4 Å². The first kappa shape index (κ1) is 30.9. The van der Waals surface area contributed by atoms with Gasteiger partial charge in [0.2, 0.25) is 5.91 Å². The Hall–Kier alpha value is -3.67. The summed E-state index contributed by atoms with van der Waals surface area (Å²) in [5, 5.41) is 9.39. The zero-order valence-electron chi connectivity index (χ0n) is 22.2. The number of aromatic nitrogens is 1. The number of aliphatic hydroxyl groups excluding tert-OH is 1. The molecule has 0 spiro atoms. The standard InChI is InChI=1S/C28H28F7N3O2/c1-5-38(10-11-39)24-15-22(17-6-8-21(29)9-7-17)23(16-36-24)37(4)25(40)26(2,3)18-12-19(27(30,31)32)14-20(13-18)28(33,34)35/h6-9,12-16,39H,5,10-11H2,1-4H3. The average Bonchev–Trinajstić information content (AvgIpc) is 2.89. The first-order chi connectivity index (χ1) is 18.5. The van der Waals surface area contributed by atoms with E-state index in [4.69, 9.17) is 0 Å². The summed E-state index contributed by atoms with van der Waals surface area (Å²) in [6.45, 7) is 4.89. The number of hydrogen-bond acceptors (Lipinski definition) is 4. The van der Waals surface area contributed by atoms with Crippen molar-refractivity contribution in [3.63, 3.8) is 0 Å². The van der Waals surface area contributed by atoms with E-state index in [1.807, 2.05) is 6.92 Å². The summed E-state index contributed by atoms with van der Waals surface area (Å²) in [5.41, 5.74) is -4.27. The van der Waals surface area contributed by atoms with Crippen LogP contribution in [0.5, 0.6) is 0 Å². The van der Waals surface area contributed by atoms with Gasteiger partial charge in [0.05, 0.1) is 35.0 Å². The fourth-order valence-corrected chi connectivity index (χ4v) is 4.26. The van der Waals surface area contributed by atoms with Crippen molar-refractivity contribution in [3.05, 3.63) is 77.2 Å². The second-order valence-corrected chi connectivity index (χ2v) is 9.65. The number of nitrogens with zero attached hydrogens (tertiary/aromatic N) is 3. The van der Waals surface area contributed by atoms with Crippen molar-refractivity contribution in [2.24, 2.45) is 0 Å². The third-order valence-electron chi connectivity index (χ3n) is 6.61. The second kappa shape index (κ2) is 11.4. The number of hydrogen-bond donors (Lipinski definition) is 1. The molecule has 12 heteroatoms. The minimum Gasteiger partial charge on any atom is -0.395 e. The summed E-state index contributed by atoms with van der Waals surface area (Å²) in [7, 11) is 1.33. The van der Waals surface area contributed by atoms with E-state index in [1.54, 1.807) is 11.0 Å². The number of alkyl halides is 6. The summed E-state index contributed by atoms with van der Waals surface area (Å²) >= 11 is 0. The molecule has 0 saturated carbocycles. The van der Waals surface area contributed by atoms with Gasteiger partial charge in [0.25, 0.3) is 0 Å². The number of rotatable bonds is 8. The van der Waals surface area contributed by atoms with Crippen LogP contribution in [-0.4, -0.2) is 42.7 Å². The van der Waals surface area contributed by atoms with E-state index >= 15 is 0 Å². The first-order valence-electron chi connectivity index (χ1n) is 12.2. The Morgan fingerprint density at radius 3 is 1.90 bits per heavy atom. The van der Waals surface area contributed by atoms with Crippen LogP contribution in [0.25, 0.3) is 11.1 Å². The average molecular weight is 572 g/mol. The lowest BCUT2D eigenvalue weighted by molar-refractivity contribution is -0.143. The molecule has 0 atom stereocenters. The number of pyridine rings is 1. The molecule has 3 aromatic rings. The predicted octanol–water partition coefficient (Wildman–Crippen LogP) is 6.68. The van der Waals surface area contributed by atoms with Crippen molar-refractivity contribution < 1.29 is 40.6 Å². The Morgan fingerprint density at radius 2 is 1.43 bits per heavy atom. The third-order valence-corrected chi connectivity index (χ3v) is 6.61. The van der Waals surface area contributed by atoms with Gasteiger partial charge in [0, 0.05) is 25.7 Å². The van der Waals surface area contributed by atoms with Crippen LogP contribution < -0.4 is 9.80 Å². The molecule has 0 saturated heterocycles. The largest absolute Gasteiger partial charge is 0.416 e. The van der Waals surface area contributed by atoms with Gasteiger partial charge in [-0.1, -0.05) is 12.1 Å². The van der Waals surface area contributed by atoms with Gasteiger partial charge in [-0.25, -0.2) is 9.37 Å². The Kier molecular flexibility index (Phi) is 8.83. The van der Waals surface area contributed by atoms with E-state index < -0.39 is 46.2 Å². The molecule has 0 radical (unpaired) electrons. The zero-order valence-corrected chi connectivity index (χ0v) is 22.2. The molecular formula is C28H28F7N3O2. The Morgan fingerprint density at radius 1 is 0.900 bits per heavy atom. The molecule has 1 N–H and O–H groups in total. The van der Waals surface area contributed by atoms with Crippen molar-refractivity contribution >= 4 is 17.4 Å². The highest BCUT2D eigenvalue weighted by Gasteiger charge is 2.41. The summed E-state index contributed by atoms with van der Waals surface area (Å²) in [6.07, 6.45) is -8.80. The monoisotopic (exact) mass is 571 g/mol. The molecule has 0 fully saturated rings. The van der Waals surface area contributed by atoms with Gasteiger partial charge in [0.15, 0.2) is 0 Å². The Labute approximate surface area is 226 Å². The molecule has 3 rings (SSSR count). The molecule has 216 valence electrons. The number of halogens is 7. The van der Waals surface area contributed by atoms with E-state index in [0.717, 1.165) is 4.90 Å². The maximum Gasteiger partial charge on any atom is 0.416 e. The molecule has 1 heterocycles. The minimum absolute atomic E-state index is 0.00885. The molecule has 5 nitrogen and oxygen atoms in total. The molecule has 40 heavy (non-hydrogen) atoms. The molecule has 1 aromatic heterocycles. The van der Waals surface area contributed by atoms with Crippen LogP contribution in [0.15, 0.2) is 54.7 Å². The van der Waals surface area contributed by atoms with Gasteiger partial charge in [-0.05, 0) is 68.3 Å². The first-order valence-corrected chi connectivity index (χ1v) is 12.2. The fraction of sp³-hybridized carbons (Fsp3) is 0.357. The lowest BCUT2D eigenvalue weighted by atomic mass is 9.81. The SMILES string of the molecule is CCN(CCO)c1cc(-c2ccc(F)cc2)c(N(C)C(=O)C(C)(C)c2cc(C(F)(F)F)cc(C(F)(F)F)c2)cn1. The van der Waals surface area contributed by atoms with Crippen LogP contribution in [0.4, 0.5) is 42.2 Å². The van der Waals surface area contributed by atoms with Crippen LogP contribution >= 0.6 is 0 Å². The number of carbonyl (C=O) groups is 1. The second-order valence-electron chi connectivity index (χ2n) is 9.65. The lowest BCUT2D eigenvalue weighted by Gasteiger charge is -2.32. The zero-order chi connectivity index (χ0) is 30.0. The summed E-state index contributed by atoms with van der Waals surface area (Å²) in [6, 6.07) is 8.04. The smallest absolute Gasteiger partial charge is 0.395 e. The van der Waals surface area contributed by atoms with Crippen molar-refractivity contribution in [1.82, 2.24) is 4.98 Å². The van der Waals surface area contributed by atoms with Gasteiger partial charge in [-0.2, -0.15) is 26.3 Å². The summed E-state index contributed by atoms with van der Waals surface area (Å²) < 4.78 is 94.6. The van der Waals surface area contributed by atoms with E-state index in [9.17, 15) is 40.6 Å². The molecule has 0 aliphatic rings. The van der Waals surface area contributed by atoms with Gasteiger partial charge in [-0.15, -0.1) is 0 Å². The fourth-order valence-electron chi connectivity index (χ4n) is 4.26. The quantitative estimate of drug-likeness (QED) is 0.307. The topological polar surface area (TPSA) is 56.7 Å². The van der Waals surface area contributed by atoms with Crippen LogP contribution in [-0.2, 0) is 22.6 Å². The van der Waals surface area contributed by atoms with Crippen molar-refractivity contribution in [2.45, 2.75) is 38.5 Å². The van der Waals surface area contributed by atoms with E-state index in [-0.39, 0.29) is 24.9 Å². The van der Waals surface area contributed by atoms with Crippen molar-refractivity contribution in [3.8, 4) is 11.1 Å². The highest BCUT2D eigenvalue weighted by Crippen LogP contribution is 2.41. The van der Waals surface area contributed by atoms with Gasteiger partial charge in [0.1, 0.15) is 11.6 Å². The van der Waals surface area contributed by atoms with Crippen LogP contribution in [0, 0.1) is 5.82 Å². The number of carbonyl (C=O) groups excluding carboxylic acids is 1. The number of likely N-dealkylation sites (N-methyl/N-ethyl adjacent to an activating group) is 2. The minimum atomic E-state index is -5.07. The predicted molar refractivity (Wildman–Crippen MR) is 137 cm³/mol. The summed E-state index contributed by atoms with van der Waals surface area (Å²) in [5.74, 6) is -0.876. The molecule has 0 aliphatic carbocycles. The molecule has 2 aromatic carbocycles. The third kappa shape index (κ3) is 6.55. The molecule has 0 unspecified atom stereocenters. The maximum absolute atomic E-state index is 13.7. The Balaban J connectivity index is 2.15. The number of aliphatic hydroxyl groups is 1. The number of benzene rings is 2. The lowest BCUT2D eigenvalue weighted by Crippen LogP contribution is -2.42. The molecule has 1 amide bonds. The molecule has 0 bridgehead atoms. The van der Waals surface area contributed by atoms with E-state index in [1.165, 1.54) is 51.4 Å². The summed E-state index contributed by atoms with van der Waals surface area (Å²) in [4.78, 5) is 21.0. The van der Waals surface area contributed by atoms with Gasteiger partial charge < -0.3 is 14.9 Å². The normalized spacial score (nSPS) is 12.4. The highest BCUT2D eigenvalue weighted by atomic mass is 19.4. The van der Waals surface area contributed by atoms with Crippen LogP contribution in [0.2, 0.25) is 0 Å². The highest BCUT2D eigenvalue weighted by molar-refractivity contribution is 6.03. The van der Waals surface area contributed by atoms with Gasteiger partial charge in [-0.3, -0.25) is 4.79 Å².